The highest BCUT2D eigenvalue weighted by Crippen LogP contribution is 2.33. The molecule has 0 unspecified atom stereocenters. The molecule has 2 aromatic carbocycles. The first-order valence-electron chi connectivity index (χ1n) is 7.53. The number of nitriles is 1. The van der Waals surface area contributed by atoms with Crippen LogP contribution in [-0.4, -0.2) is 11.4 Å². The second-order valence-corrected chi connectivity index (χ2v) is 6.69. The van der Waals surface area contributed by atoms with E-state index in [1.54, 1.807) is 0 Å². The predicted octanol–water partition coefficient (Wildman–Crippen LogP) is 4.52. The van der Waals surface area contributed by atoms with Gasteiger partial charge in [-0.05, 0) is 39.8 Å². The Morgan fingerprint density at radius 3 is 2.86 bits per heavy atom. The summed E-state index contributed by atoms with van der Waals surface area (Å²) in [4.78, 5) is 3.78. The van der Waals surface area contributed by atoms with Crippen molar-refractivity contribution in [1.29, 1.82) is 5.26 Å². The van der Waals surface area contributed by atoms with E-state index in [-0.39, 0.29) is 6.04 Å². The third-order valence-electron chi connectivity index (χ3n) is 4.44. The van der Waals surface area contributed by atoms with Crippen molar-refractivity contribution in [1.82, 2.24) is 4.90 Å². The van der Waals surface area contributed by atoms with Gasteiger partial charge in [0.25, 0.3) is 0 Å². The van der Waals surface area contributed by atoms with Crippen molar-refractivity contribution in [3.8, 4) is 6.07 Å². The standard InChI is InChI=1S/C19H16N2S/c20-12-18(21-10-8-19-15(13-21)9-11-22-19)17-7-3-5-14-4-1-2-6-16(14)17/h1-7,9,11,18H,8,10,13H2/t18-/m1/s1. The van der Waals surface area contributed by atoms with E-state index < -0.39 is 0 Å². The van der Waals surface area contributed by atoms with Crippen LogP contribution < -0.4 is 0 Å². The fourth-order valence-electron chi connectivity index (χ4n) is 3.33. The molecule has 3 heteroatoms. The summed E-state index contributed by atoms with van der Waals surface area (Å²) in [7, 11) is 0. The van der Waals surface area contributed by atoms with E-state index >= 15 is 0 Å². The Kier molecular flexibility index (Phi) is 3.42. The highest BCUT2D eigenvalue weighted by atomic mass is 32.1. The number of nitrogens with zero attached hydrogens (tertiary/aromatic N) is 2. The van der Waals surface area contributed by atoms with Crippen LogP contribution in [0.4, 0.5) is 0 Å². The van der Waals surface area contributed by atoms with E-state index in [2.05, 4.69) is 52.7 Å². The maximum Gasteiger partial charge on any atom is 0.124 e. The van der Waals surface area contributed by atoms with Gasteiger partial charge < -0.3 is 0 Å². The fourth-order valence-corrected chi connectivity index (χ4v) is 4.22. The molecule has 1 aliphatic rings. The smallest absolute Gasteiger partial charge is 0.124 e. The van der Waals surface area contributed by atoms with Gasteiger partial charge in [-0.25, -0.2) is 0 Å². The molecule has 0 radical (unpaired) electrons. The number of thiophene rings is 1. The van der Waals surface area contributed by atoms with Crippen LogP contribution in [0.15, 0.2) is 53.9 Å². The molecule has 2 heterocycles. The van der Waals surface area contributed by atoms with E-state index in [1.807, 2.05) is 23.5 Å². The number of hydrogen-bond donors (Lipinski definition) is 0. The maximum absolute atomic E-state index is 9.80. The molecule has 0 aliphatic carbocycles. The van der Waals surface area contributed by atoms with Gasteiger partial charge in [0.1, 0.15) is 6.04 Å². The minimum absolute atomic E-state index is 0.181. The Hall–Kier alpha value is -2.15. The first kappa shape index (κ1) is 13.5. The highest BCUT2D eigenvalue weighted by molar-refractivity contribution is 7.10. The molecule has 0 saturated carbocycles. The van der Waals surface area contributed by atoms with Gasteiger partial charge in [-0.3, -0.25) is 4.90 Å². The molecule has 1 atom stereocenters. The molecule has 108 valence electrons. The number of fused-ring (bicyclic) bond motifs is 2. The van der Waals surface area contributed by atoms with E-state index in [4.69, 9.17) is 0 Å². The van der Waals surface area contributed by atoms with Gasteiger partial charge in [-0.2, -0.15) is 5.26 Å². The minimum atomic E-state index is -0.181. The van der Waals surface area contributed by atoms with Crippen LogP contribution in [0, 0.1) is 11.3 Å². The molecule has 3 aromatic rings. The van der Waals surface area contributed by atoms with Crippen LogP contribution >= 0.6 is 11.3 Å². The average Bonchev–Trinajstić information content (AvgIpc) is 3.03. The van der Waals surface area contributed by atoms with Crippen molar-refractivity contribution in [3.63, 3.8) is 0 Å². The quantitative estimate of drug-likeness (QED) is 0.696. The SMILES string of the molecule is N#C[C@H](c1cccc2ccccc12)N1CCc2sccc2C1. The Labute approximate surface area is 134 Å². The zero-order valence-electron chi connectivity index (χ0n) is 12.2. The molecule has 1 aromatic heterocycles. The van der Waals surface area contributed by atoms with E-state index in [1.165, 1.54) is 21.2 Å². The zero-order valence-corrected chi connectivity index (χ0v) is 13.0. The second kappa shape index (κ2) is 5.57. The van der Waals surface area contributed by atoms with E-state index in [0.29, 0.717) is 0 Å². The number of rotatable bonds is 2. The second-order valence-electron chi connectivity index (χ2n) is 5.69. The molecule has 22 heavy (non-hydrogen) atoms. The lowest BCUT2D eigenvalue weighted by molar-refractivity contribution is 0.219. The Balaban J connectivity index is 1.75. The van der Waals surface area contributed by atoms with Crippen LogP contribution in [0.1, 0.15) is 22.0 Å². The van der Waals surface area contributed by atoms with Crippen molar-refractivity contribution < 1.29 is 0 Å². The van der Waals surface area contributed by atoms with Crippen LogP contribution in [0.2, 0.25) is 0 Å². The molecule has 1 aliphatic heterocycles. The summed E-state index contributed by atoms with van der Waals surface area (Å²) in [5.41, 5.74) is 2.51. The van der Waals surface area contributed by atoms with Crippen LogP contribution in [0.25, 0.3) is 10.8 Å². The maximum atomic E-state index is 9.80. The van der Waals surface area contributed by atoms with E-state index in [9.17, 15) is 5.26 Å². The van der Waals surface area contributed by atoms with Gasteiger partial charge in [0.05, 0.1) is 6.07 Å². The lowest BCUT2D eigenvalue weighted by Crippen LogP contribution is -2.33. The summed E-state index contributed by atoms with van der Waals surface area (Å²) in [6.45, 7) is 1.83. The lowest BCUT2D eigenvalue weighted by atomic mass is 9.97. The molecule has 0 saturated heterocycles. The largest absolute Gasteiger partial charge is 0.280 e. The number of hydrogen-bond acceptors (Lipinski definition) is 3. The van der Waals surface area contributed by atoms with Crippen LogP contribution in [0.5, 0.6) is 0 Å². The van der Waals surface area contributed by atoms with Crippen molar-refractivity contribution in [2.45, 2.75) is 19.0 Å². The monoisotopic (exact) mass is 304 g/mol. The van der Waals surface area contributed by atoms with Crippen molar-refractivity contribution in [3.05, 3.63) is 69.9 Å². The number of benzene rings is 2. The molecular weight excluding hydrogens is 288 g/mol. The topological polar surface area (TPSA) is 27.0 Å². The average molecular weight is 304 g/mol. The Bertz CT molecular complexity index is 854. The van der Waals surface area contributed by atoms with Gasteiger partial charge >= 0.3 is 0 Å². The van der Waals surface area contributed by atoms with Gasteiger partial charge in [0, 0.05) is 18.0 Å². The summed E-state index contributed by atoms with van der Waals surface area (Å²) < 4.78 is 0. The van der Waals surface area contributed by atoms with Gasteiger partial charge in [0.2, 0.25) is 0 Å². The Morgan fingerprint density at radius 2 is 1.95 bits per heavy atom. The molecular formula is C19H16N2S. The van der Waals surface area contributed by atoms with E-state index in [0.717, 1.165) is 25.1 Å². The minimum Gasteiger partial charge on any atom is -0.280 e. The molecule has 0 spiro atoms. The highest BCUT2D eigenvalue weighted by Gasteiger charge is 2.26. The van der Waals surface area contributed by atoms with Crippen molar-refractivity contribution >= 4 is 22.1 Å². The molecule has 0 bridgehead atoms. The Morgan fingerprint density at radius 1 is 1.09 bits per heavy atom. The molecule has 0 amide bonds. The summed E-state index contributed by atoms with van der Waals surface area (Å²) in [5.74, 6) is 0. The first-order chi connectivity index (χ1) is 10.9. The molecule has 0 fully saturated rings. The zero-order chi connectivity index (χ0) is 14.9. The van der Waals surface area contributed by atoms with Crippen LogP contribution in [0.3, 0.4) is 0 Å². The van der Waals surface area contributed by atoms with Gasteiger partial charge in [-0.15, -0.1) is 11.3 Å². The first-order valence-corrected chi connectivity index (χ1v) is 8.41. The van der Waals surface area contributed by atoms with Gasteiger partial charge in [0.15, 0.2) is 0 Å². The fraction of sp³-hybridized carbons (Fsp3) is 0.211. The normalized spacial score (nSPS) is 16.1. The predicted molar refractivity (Wildman–Crippen MR) is 90.7 cm³/mol. The molecule has 4 rings (SSSR count). The molecule has 0 N–H and O–H groups in total. The summed E-state index contributed by atoms with van der Waals surface area (Å²) in [6.07, 6.45) is 1.05. The summed E-state index contributed by atoms with van der Waals surface area (Å²) in [6, 6.07) is 19.1. The van der Waals surface area contributed by atoms with Crippen molar-refractivity contribution in [2.24, 2.45) is 0 Å². The van der Waals surface area contributed by atoms with Crippen LogP contribution in [-0.2, 0) is 13.0 Å². The lowest BCUT2D eigenvalue weighted by Gasteiger charge is -2.31. The summed E-state index contributed by atoms with van der Waals surface area (Å²) >= 11 is 1.84. The van der Waals surface area contributed by atoms with Gasteiger partial charge in [-0.1, -0.05) is 42.5 Å². The van der Waals surface area contributed by atoms with Crippen molar-refractivity contribution in [2.75, 3.05) is 6.54 Å². The molecule has 2 nitrogen and oxygen atoms in total. The third kappa shape index (κ3) is 2.21. The summed E-state index contributed by atoms with van der Waals surface area (Å²) in [5, 5.41) is 14.4. The third-order valence-corrected chi connectivity index (χ3v) is 5.47.